The van der Waals surface area contributed by atoms with Crippen molar-refractivity contribution in [2.24, 2.45) is 0 Å². The maximum absolute atomic E-state index is 10.6. The number of carboxylic acid groups (broad SMARTS) is 1. The third-order valence-corrected chi connectivity index (χ3v) is 2.47. The van der Waals surface area contributed by atoms with E-state index in [1.807, 2.05) is 6.07 Å². The highest BCUT2D eigenvalue weighted by molar-refractivity contribution is 7.13. The predicted molar refractivity (Wildman–Crippen MR) is 52.3 cm³/mol. The van der Waals surface area contributed by atoms with Crippen LogP contribution in [-0.2, 0) is 0 Å². The molecule has 2 aromatic heterocycles. The third kappa shape index (κ3) is 1.62. The summed E-state index contributed by atoms with van der Waals surface area (Å²) in [5.41, 5.74) is 0.764. The molecule has 0 atom stereocenters. The lowest BCUT2D eigenvalue weighted by Gasteiger charge is -1.91. The fraction of sp³-hybridized carbons (Fsp3) is 0. The molecule has 0 amide bonds. The molecule has 5 heteroatoms. The Kier molecular flexibility index (Phi) is 2.24. The minimum absolute atomic E-state index is 0.0654. The number of rotatable bonds is 2. The number of aromatic nitrogens is 2. The van der Waals surface area contributed by atoms with Crippen molar-refractivity contribution < 1.29 is 9.90 Å². The summed E-state index contributed by atoms with van der Waals surface area (Å²) in [6.45, 7) is 0. The summed E-state index contributed by atoms with van der Waals surface area (Å²) < 4.78 is 0. The number of pyridine rings is 1. The van der Waals surface area contributed by atoms with E-state index in [-0.39, 0.29) is 5.69 Å². The molecule has 0 radical (unpaired) electrons. The zero-order valence-electron chi connectivity index (χ0n) is 7.04. The highest BCUT2D eigenvalue weighted by Gasteiger charge is 2.09. The average Bonchev–Trinajstić information content (AvgIpc) is 2.68. The molecule has 0 saturated carbocycles. The molecule has 0 aliphatic heterocycles. The summed E-state index contributed by atoms with van der Waals surface area (Å²) in [6, 6.07) is 5.43. The molecular formula is C9H6N2O2S. The second kappa shape index (κ2) is 3.55. The van der Waals surface area contributed by atoms with Gasteiger partial charge in [-0.05, 0) is 12.1 Å². The van der Waals surface area contributed by atoms with Crippen LogP contribution in [0.25, 0.3) is 10.7 Å². The molecule has 0 aliphatic rings. The van der Waals surface area contributed by atoms with Crippen LogP contribution in [0.1, 0.15) is 10.5 Å². The van der Waals surface area contributed by atoms with Gasteiger partial charge in [0.25, 0.3) is 0 Å². The number of aromatic carboxylic acids is 1. The molecule has 1 N–H and O–H groups in total. The van der Waals surface area contributed by atoms with Crippen LogP contribution in [0.2, 0.25) is 0 Å². The van der Waals surface area contributed by atoms with E-state index in [0.717, 1.165) is 0 Å². The zero-order valence-corrected chi connectivity index (χ0v) is 7.86. The largest absolute Gasteiger partial charge is 0.476 e. The van der Waals surface area contributed by atoms with Crippen molar-refractivity contribution >= 4 is 17.3 Å². The van der Waals surface area contributed by atoms with Crippen LogP contribution in [0.3, 0.4) is 0 Å². The Labute approximate surface area is 83.9 Å². The van der Waals surface area contributed by atoms with Gasteiger partial charge in [0, 0.05) is 11.6 Å². The number of hydrogen-bond donors (Lipinski definition) is 1. The van der Waals surface area contributed by atoms with Crippen molar-refractivity contribution in [1.29, 1.82) is 0 Å². The maximum atomic E-state index is 10.6. The number of hydrogen-bond acceptors (Lipinski definition) is 4. The standard InChI is InChI=1S/C9H6N2O2S/c12-9(13)7-5-14-8(11-7)6-3-1-2-4-10-6/h1-5H,(H,12,13). The lowest BCUT2D eigenvalue weighted by molar-refractivity contribution is 0.0691. The van der Waals surface area contributed by atoms with Gasteiger partial charge < -0.3 is 5.11 Å². The van der Waals surface area contributed by atoms with E-state index >= 15 is 0 Å². The molecule has 0 unspecified atom stereocenters. The van der Waals surface area contributed by atoms with Gasteiger partial charge in [-0.2, -0.15) is 0 Å². The molecule has 2 aromatic rings. The van der Waals surface area contributed by atoms with E-state index in [9.17, 15) is 4.79 Å². The number of carboxylic acids is 1. The summed E-state index contributed by atoms with van der Waals surface area (Å²) in [7, 11) is 0. The molecule has 0 aromatic carbocycles. The van der Waals surface area contributed by atoms with E-state index in [1.54, 1.807) is 18.3 Å². The SMILES string of the molecule is O=C(O)c1csc(-c2ccccn2)n1. The molecule has 70 valence electrons. The van der Waals surface area contributed by atoms with Gasteiger partial charge in [-0.25, -0.2) is 9.78 Å². The molecule has 0 bridgehead atoms. The van der Waals surface area contributed by atoms with Gasteiger partial charge in [0.05, 0.1) is 5.69 Å². The van der Waals surface area contributed by atoms with Gasteiger partial charge in [0.1, 0.15) is 5.01 Å². The van der Waals surface area contributed by atoms with Crippen molar-refractivity contribution in [3.8, 4) is 10.7 Å². The van der Waals surface area contributed by atoms with Crippen LogP contribution >= 0.6 is 11.3 Å². The van der Waals surface area contributed by atoms with Crippen molar-refractivity contribution in [1.82, 2.24) is 9.97 Å². The first-order chi connectivity index (χ1) is 6.77. The lowest BCUT2D eigenvalue weighted by Crippen LogP contribution is -1.95. The van der Waals surface area contributed by atoms with Gasteiger partial charge in [-0.15, -0.1) is 11.3 Å². The van der Waals surface area contributed by atoms with E-state index in [2.05, 4.69) is 9.97 Å². The summed E-state index contributed by atoms with van der Waals surface area (Å²) in [6.07, 6.45) is 1.65. The van der Waals surface area contributed by atoms with Crippen LogP contribution in [0.4, 0.5) is 0 Å². The van der Waals surface area contributed by atoms with E-state index in [0.29, 0.717) is 10.7 Å². The van der Waals surface area contributed by atoms with Gasteiger partial charge in [0.2, 0.25) is 0 Å². The van der Waals surface area contributed by atoms with Gasteiger partial charge in [-0.3, -0.25) is 4.98 Å². The van der Waals surface area contributed by atoms with Gasteiger partial charge >= 0.3 is 5.97 Å². The van der Waals surface area contributed by atoms with Crippen LogP contribution < -0.4 is 0 Å². The molecule has 0 spiro atoms. The fourth-order valence-corrected chi connectivity index (χ4v) is 1.75. The van der Waals surface area contributed by atoms with Crippen LogP contribution in [0.15, 0.2) is 29.8 Å². The van der Waals surface area contributed by atoms with Crippen LogP contribution in [0.5, 0.6) is 0 Å². The Morgan fingerprint density at radius 1 is 1.43 bits per heavy atom. The van der Waals surface area contributed by atoms with Crippen molar-refractivity contribution in [3.05, 3.63) is 35.5 Å². The lowest BCUT2D eigenvalue weighted by atomic mass is 10.4. The van der Waals surface area contributed by atoms with Gasteiger partial charge in [0.15, 0.2) is 5.69 Å². The summed E-state index contributed by atoms with van der Waals surface area (Å²) >= 11 is 1.28. The molecule has 0 aliphatic carbocycles. The Morgan fingerprint density at radius 3 is 2.86 bits per heavy atom. The Balaban J connectivity index is 2.39. The van der Waals surface area contributed by atoms with E-state index in [4.69, 9.17) is 5.11 Å². The molecule has 4 nitrogen and oxygen atoms in total. The first-order valence-electron chi connectivity index (χ1n) is 3.87. The predicted octanol–water partition coefficient (Wildman–Crippen LogP) is 1.90. The summed E-state index contributed by atoms with van der Waals surface area (Å²) in [5.74, 6) is -1.01. The molecule has 14 heavy (non-hydrogen) atoms. The van der Waals surface area contributed by atoms with Crippen molar-refractivity contribution in [2.45, 2.75) is 0 Å². The zero-order chi connectivity index (χ0) is 9.97. The normalized spacial score (nSPS) is 10.0. The third-order valence-electron chi connectivity index (χ3n) is 1.61. The minimum Gasteiger partial charge on any atom is -0.476 e. The van der Waals surface area contributed by atoms with Crippen molar-refractivity contribution in [2.75, 3.05) is 0 Å². The molecular weight excluding hydrogens is 200 g/mol. The van der Waals surface area contributed by atoms with Crippen LogP contribution in [-0.4, -0.2) is 21.0 Å². The second-order valence-corrected chi connectivity index (χ2v) is 3.42. The minimum atomic E-state index is -1.01. The highest BCUT2D eigenvalue weighted by atomic mass is 32.1. The number of thiazole rings is 1. The molecule has 2 heterocycles. The Hall–Kier alpha value is -1.75. The molecule has 0 saturated heterocycles. The first-order valence-corrected chi connectivity index (χ1v) is 4.75. The summed E-state index contributed by atoms with van der Waals surface area (Å²) in [4.78, 5) is 18.6. The smallest absolute Gasteiger partial charge is 0.355 e. The van der Waals surface area contributed by atoms with Crippen LogP contribution in [0, 0.1) is 0 Å². The Bertz CT molecular complexity index is 453. The molecule has 0 fully saturated rings. The highest BCUT2D eigenvalue weighted by Crippen LogP contribution is 2.20. The fourth-order valence-electron chi connectivity index (χ4n) is 0.979. The second-order valence-electron chi connectivity index (χ2n) is 2.56. The van der Waals surface area contributed by atoms with Gasteiger partial charge in [-0.1, -0.05) is 6.07 Å². The maximum Gasteiger partial charge on any atom is 0.355 e. The average molecular weight is 206 g/mol. The topological polar surface area (TPSA) is 63.1 Å². The van der Waals surface area contributed by atoms with E-state index < -0.39 is 5.97 Å². The summed E-state index contributed by atoms with van der Waals surface area (Å²) in [5, 5.41) is 10.8. The first kappa shape index (κ1) is 8.83. The Morgan fingerprint density at radius 2 is 2.29 bits per heavy atom. The quantitative estimate of drug-likeness (QED) is 0.815. The number of carbonyl (C=O) groups is 1. The van der Waals surface area contributed by atoms with Crippen molar-refractivity contribution in [3.63, 3.8) is 0 Å². The van der Waals surface area contributed by atoms with E-state index in [1.165, 1.54) is 16.7 Å². The number of nitrogens with zero attached hydrogens (tertiary/aromatic N) is 2. The molecule has 2 rings (SSSR count). The monoisotopic (exact) mass is 206 g/mol.